The molecule has 5 aliphatic heterocycles. The van der Waals surface area contributed by atoms with Crippen molar-refractivity contribution in [2.24, 2.45) is 5.92 Å². The Bertz CT molecular complexity index is 2370. The Labute approximate surface area is 336 Å². The molecule has 18 nitrogen and oxygen atoms in total. The first-order chi connectivity index (χ1) is 28.6. The normalized spacial score (nSPS) is 24.9. The molecule has 6 amide bonds. The number of benzene rings is 1. The SMILES string of the molecule is O=C1CCN(N2C(=O)c3cccc(N4CCN(CC5CCC(n6cc(NC(=O)c7cnn8ccc(N9C[C@H]%10C[C@@H]9CO%10)nc78)c(C(F)F)n6)CC5)CC4)c3C2=O)C(=O)N1. The lowest BCUT2D eigenvalue weighted by molar-refractivity contribution is -0.122. The van der Waals surface area contributed by atoms with Crippen molar-refractivity contribution in [2.45, 2.75) is 63.1 Å². The zero-order chi connectivity index (χ0) is 40.5. The fourth-order valence-electron chi connectivity index (χ4n) is 9.51. The summed E-state index contributed by atoms with van der Waals surface area (Å²) in [4.78, 5) is 76.0. The molecular weight excluding hydrogens is 771 g/mol. The van der Waals surface area contributed by atoms with Crippen LogP contribution in [0.4, 0.5) is 30.8 Å². The quantitative estimate of drug-likeness (QED) is 0.236. The van der Waals surface area contributed by atoms with E-state index in [4.69, 9.17) is 9.72 Å². The minimum absolute atomic E-state index is 0.0131. The van der Waals surface area contributed by atoms with Crippen molar-refractivity contribution >= 4 is 52.5 Å². The number of fused-ring (bicyclic) bond motifs is 4. The third-order valence-corrected chi connectivity index (χ3v) is 12.6. The van der Waals surface area contributed by atoms with Crippen LogP contribution in [0.1, 0.15) is 87.8 Å². The first-order valence-corrected chi connectivity index (χ1v) is 20.1. The van der Waals surface area contributed by atoms with Gasteiger partial charge in [0.05, 0.1) is 60.0 Å². The first kappa shape index (κ1) is 37.3. The molecule has 5 fully saturated rings. The van der Waals surface area contributed by atoms with Gasteiger partial charge in [0.1, 0.15) is 11.4 Å². The number of urea groups is 1. The largest absolute Gasteiger partial charge is 0.374 e. The Balaban J connectivity index is 0.746. The summed E-state index contributed by atoms with van der Waals surface area (Å²) in [6, 6.07) is 6.31. The van der Waals surface area contributed by atoms with Gasteiger partial charge in [-0.15, -0.1) is 0 Å². The average Bonchev–Trinajstić information content (AvgIpc) is 4.08. The number of hydrogen-bond donors (Lipinski definition) is 2. The number of ether oxygens (including phenoxy) is 1. The number of piperazine rings is 1. The van der Waals surface area contributed by atoms with E-state index < -0.39 is 41.8 Å². The number of hydrazine groups is 1. The predicted octanol–water partition coefficient (Wildman–Crippen LogP) is 3.10. The molecular formula is C39H42F2N12O6. The van der Waals surface area contributed by atoms with Gasteiger partial charge in [0.25, 0.3) is 24.1 Å². The molecule has 1 aliphatic carbocycles. The number of carbonyl (C=O) groups excluding carboxylic acids is 5. The van der Waals surface area contributed by atoms with Gasteiger partial charge in [-0.2, -0.15) is 15.2 Å². The van der Waals surface area contributed by atoms with Gasteiger partial charge in [0.15, 0.2) is 11.3 Å². The van der Waals surface area contributed by atoms with Crippen molar-refractivity contribution in [2.75, 3.05) is 67.5 Å². The van der Waals surface area contributed by atoms with E-state index in [-0.39, 0.29) is 53.5 Å². The number of imide groups is 2. The number of halogens is 2. The van der Waals surface area contributed by atoms with Crippen LogP contribution in [0.15, 0.2) is 42.9 Å². The zero-order valence-corrected chi connectivity index (χ0v) is 32.0. The lowest BCUT2D eigenvalue weighted by Gasteiger charge is -2.39. The maximum absolute atomic E-state index is 14.3. The highest BCUT2D eigenvalue weighted by Gasteiger charge is 2.45. The van der Waals surface area contributed by atoms with Crippen molar-refractivity contribution in [3.05, 3.63) is 65.2 Å². The van der Waals surface area contributed by atoms with Crippen LogP contribution in [-0.2, 0) is 9.53 Å². The van der Waals surface area contributed by atoms with Gasteiger partial charge in [-0.05, 0) is 56.2 Å². The highest BCUT2D eigenvalue weighted by atomic mass is 19.3. The number of morpholine rings is 1. The molecule has 10 rings (SSSR count). The fraction of sp³-hybridized carbons (Fsp3) is 0.487. The number of alkyl halides is 2. The molecule has 2 N–H and O–H groups in total. The maximum Gasteiger partial charge on any atom is 0.343 e. The fourth-order valence-corrected chi connectivity index (χ4v) is 9.51. The van der Waals surface area contributed by atoms with E-state index in [1.807, 2.05) is 12.1 Å². The second-order valence-corrected chi connectivity index (χ2v) is 16.1. The number of aromatic nitrogens is 5. The minimum atomic E-state index is -2.89. The summed E-state index contributed by atoms with van der Waals surface area (Å²) in [7, 11) is 0. The van der Waals surface area contributed by atoms with E-state index in [1.54, 1.807) is 23.0 Å². The third kappa shape index (κ3) is 6.63. The molecule has 20 heteroatoms. The molecule has 1 saturated carbocycles. The van der Waals surface area contributed by atoms with Crippen molar-refractivity contribution in [1.82, 2.24) is 44.6 Å². The molecule has 1 aromatic carbocycles. The van der Waals surface area contributed by atoms with Gasteiger partial charge >= 0.3 is 6.03 Å². The summed E-state index contributed by atoms with van der Waals surface area (Å²) in [6.07, 6.45) is 6.10. The summed E-state index contributed by atoms with van der Waals surface area (Å²) in [6.45, 7) is 4.90. The maximum atomic E-state index is 14.3. The molecule has 0 spiro atoms. The molecule has 2 bridgehead atoms. The topological polar surface area (TPSA) is 183 Å². The third-order valence-electron chi connectivity index (χ3n) is 12.6. The molecule has 3 aromatic heterocycles. The molecule has 6 aliphatic rings. The first-order valence-electron chi connectivity index (χ1n) is 20.1. The number of hydrogen-bond acceptors (Lipinski definition) is 12. The Morgan fingerprint density at radius 3 is 2.53 bits per heavy atom. The highest BCUT2D eigenvalue weighted by molar-refractivity contribution is 6.24. The van der Waals surface area contributed by atoms with Gasteiger partial charge in [0.2, 0.25) is 5.91 Å². The molecule has 4 saturated heterocycles. The summed E-state index contributed by atoms with van der Waals surface area (Å²) >= 11 is 0. The molecule has 2 atom stereocenters. The van der Waals surface area contributed by atoms with Gasteiger partial charge in [0, 0.05) is 58.1 Å². The number of amides is 6. The second-order valence-electron chi connectivity index (χ2n) is 16.1. The lowest BCUT2D eigenvalue weighted by Crippen LogP contribution is -2.58. The van der Waals surface area contributed by atoms with E-state index in [2.05, 4.69) is 35.5 Å². The molecule has 0 unspecified atom stereocenters. The van der Waals surface area contributed by atoms with Crippen molar-refractivity contribution in [3.63, 3.8) is 0 Å². The molecule has 308 valence electrons. The predicted molar refractivity (Wildman–Crippen MR) is 205 cm³/mol. The number of anilines is 3. The van der Waals surface area contributed by atoms with Gasteiger partial charge in [-0.3, -0.25) is 34.1 Å². The number of nitrogens with zero attached hydrogens (tertiary/aromatic N) is 10. The van der Waals surface area contributed by atoms with E-state index in [1.165, 1.54) is 16.9 Å². The summed E-state index contributed by atoms with van der Waals surface area (Å²) < 4.78 is 37.4. The molecule has 4 aromatic rings. The van der Waals surface area contributed by atoms with Crippen LogP contribution in [-0.4, -0.2) is 134 Å². The van der Waals surface area contributed by atoms with Crippen molar-refractivity contribution in [1.29, 1.82) is 0 Å². The zero-order valence-electron chi connectivity index (χ0n) is 32.0. The highest BCUT2D eigenvalue weighted by Crippen LogP contribution is 2.37. The minimum Gasteiger partial charge on any atom is -0.374 e. The molecule has 0 radical (unpaired) electrons. The average molecular weight is 813 g/mol. The van der Waals surface area contributed by atoms with Crippen LogP contribution in [0.5, 0.6) is 0 Å². The summed E-state index contributed by atoms with van der Waals surface area (Å²) in [5, 5.41) is 15.2. The Kier molecular flexibility index (Phi) is 9.26. The summed E-state index contributed by atoms with van der Waals surface area (Å²) in [5.41, 5.74) is 1.11. The van der Waals surface area contributed by atoms with Crippen LogP contribution >= 0.6 is 0 Å². The Morgan fingerprint density at radius 2 is 1.80 bits per heavy atom. The van der Waals surface area contributed by atoms with E-state index in [9.17, 15) is 32.8 Å². The van der Waals surface area contributed by atoms with Crippen LogP contribution < -0.4 is 20.4 Å². The van der Waals surface area contributed by atoms with Crippen molar-refractivity contribution in [3.8, 4) is 0 Å². The Hall–Kier alpha value is -6.02. The van der Waals surface area contributed by atoms with Crippen LogP contribution in [0.2, 0.25) is 0 Å². The van der Waals surface area contributed by atoms with Gasteiger partial charge in [-0.1, -0.05) is 6.07 Å². The van der Waals surface area contributed by atoms with E-state index in [0.717, 1.165) is 68.3 Å². The second kappa shape index (κ2) is 14.7. The summed E-state index contributed by atoms with van der Waals surface area (Å²) in [5.74, 6) is -1.12. The van der Waals surface area contributed by atoms with Crippen LogP contribution in [0.25, 0.3) is 5.65 Å². The number of carbonyl (C=O) groups is 5. The molecule has 59 heavy (non-hydrogen) atoms. The van der Waals surface area contributed by atoms with Crippen LogP contribution in [0.3, 0.4) is 0 Å². The standard InChI is InChI=1S/C39H42F2N12O6/c40-34(41)33-28(43-36(55)27-17-42-50-10-8-30(44-35(27)50)49-19-25-16-24(49)21-59-25)20-51(46-33)23-6-4-22(5-7-23)18-47-12-14-48(15-13-47)29-3-1-2-26-32(29)38(57)53(37(26)56)52-11-9-31(54)45-39(52)58/h1-3,8,10,17,20,22-25,34H,4-7,9,11-16,18-19,21H2,(H,43,55)(H,45,54,58)/t22?,23?,24-,25-/m1/s1. The lowest BCUT2D eigenvalue weighted by atomic mass is 9.85. The van der Waals surface area contributed by atoms with E-state index in [0.29, 0.717) is 42.8 Å². The van der Waals surface area contributed by atoms with Gasteiger partial charge < -0.3 is 19.9 Å². The smallest absolute Gasteiger partial charge is 0.343 e. The monoisotopic (exact) mass is 812 g/mol. The van der Waals surface area contributed by atoms with E-state index >= 15 is 0 Å². The van der Waals surface area contributed by atoms with Crippen molar-refractivity contribution < 1.29 is 37.5 Å². The molecule has 8 heterocycles. The number of rotatable bonds is 9. The van der Waals surface area contributed by atoms with Crippen LogP contribution in [0, 0.1) is 5.92 Å². The van der Waals surface area contributed by atoms with Gasteiger partial charge in [-0.25, -0.2) is 28.1 Å². The number of nitrogens with one attached hydrogen (secondary N) is 2. The Morgan fingerprint density at radius 1 is 0.983 bits per heavy atom.